The second kappa shape index (κ2) is 13.5. The molecule has 0 aliphatic rings. The van der Waals surface area contributed by atoms with Gasteiger partial charge in [-0.15, -0.1) is 11.8 Å². The number of nitrogens with one attached hydrogen (secondary N) is 1. The first kappa shape index (κ1) is 27.3. The molecule has 29 heavy (non-hydrogen) atoms. The number of aliphatic hydroxyl groups excluding tert-OH is 1. The smallest absolute Gasteiger partial charge is 0.396 e. The molecule has 4 nitrogen and oxygen atoms in total. The Labute approximate surface area is 175 Å². The van der Waals surface area contributed by atoms with Gasteiger partial charge >= 0.3 is 5.51 Å². The number of anilines is 1. The number of aliphatic hydroxyl groups is 1. The molecule has 0 spiro atoms. The fraction of sp³-hybridized carbons (Fsp3) is 0.400. The van der Waals surface area contributed by atoms with E-state index >= 15 is 0 Å². The molecule has 0 aliphatic heterocycles. The molecular formula is C20H28F3NO3S2. The Bertz CT molecular complexity index is 811. The maximum absolute atomic E-state index is 12.6. The molecule has 0 radical (unpaired) electrons. The third kappa shape index (κ3) is 9.10. The van der Waals surface area contributed by atoms with Crippen molar-refractivity contribution in [1.29, 1.82) is 0 Å². The van der Waals surface area contributed by atoms with Crippen molar-refractivity contribution in [2.24, 2.45) is 0 Å². The van der Waals surface area contributed by atoms with E-state index in [0.29, 0.717) is 12.0 Å². The average molecular weight is 452 g/mol. The molecule has 0 aliphatic carbocycles. The molecule has 164 valence electrons. The SMILES string of the molecule is CC.CSc1ccccc1.Cc1ccc(NCCCO)c(S(=O)(=O)C(F)(F)F)c1. The molecule has 9 heteroatoms. The largest absolute Gasteiger partial charge is 0.501 e. The Morgan fingerprint density at radius 3 is 2.10 bits per heavy atom. The highest BCUT2D eigenvalue weighted by Crippen LogP contribution is 2.34. The summed E-state index contributed by atoms with van der Waals surface area (Å²) in [5.74, 6) is 0. The summed E-state index contributed by atoms with van der Waals surface area (Å²) in [6.45, 7) is 5.55. The normalized spacial score (nSPS) is 10.9. The van der Waals surface area contributed by atoms with Crippen LogP contribution in [0.3, 0.4) is 0 Å². The molecule has 2 N–H and O–H groups in total. The van der Waals surface area contributed by atoms with Crippen LogP contribution < -0.4 is 5.32 Å². The van der Waals surface area contributed by atoms with Gasteiger partial charge in [0.15, 0.2) is 0 Å². The number of hydrogen-bond acceptors (Lipinski definition) is 5. The lowest BCUT2D eigenvalue weighted by molar-refractivity contribution is -0.0435. The van der Waals surface area contributed by atoms with E-state index in [-0.39, 0.29) is 18.8 Å². The highest BCUT2D eigenvalue weighted by Gasteiger charge is 2.48. The van der Waals surface area contributed by atoms with Crippen LogP contribution in [0.5, 0.6) is 0 Å². The van der Waals surface area contributed by atoms with Crippen molar-refractivity contribution in [2.45, 2.75) is 42.5 Å². The summed E-state index contributed by atoms with van der Waals surface area (Å²) in [6, 6.07) is 14.1. The van der Waals surface area contributed by atoms with Crippen LogP contribution in [0.4, 0.5) is 18.9 Å². The molecule has 0 bridgehead atoms. The summed E-state index contributed by atoms with van der Waals surface area (Å²) in [5.41, 5.74) is -5.04. The number of benzene rings is 2. The van der Waals surface area contributed by atoms with Crippen LogP contribution in [0.1, 0.15) is 25.8 Å². The maximum atomic E-state index is 12.6. The van der Waals surface area contributed by atoms with Gasteiger partial charge < -0.3 is 10.4 Å². The summed E-state index contributed by atoms with van der Waals surface area (Å²) >= 11 is 1.77. The fourth-order valence-electron chi connectivity index (χ4n) is 1.98. The first-order valence-corrected chi connectivity index (χ1v) is 11.7. The zero-order chi connectivity index (χ0) is 22.5. The van der Waals surface area contributed by atoms with E-state index in [1.165, 1.54) is 24.0 Å². The van der Waals surface area contributed by atoms with Crippen LogP contribution >= 0.6 is 11.8 Å². The topological polar surface area (TPSA) is 66.4 Å². The zero-order valence-corrected chi connectivity index (χ0v) is 18.6. The molecule has 2 aromatic rings. The lowest BCUT2D eigenvalue weighted by atomic mass is 10.2. The highest BCUT2D eigenvalue weighted by atomic mass is 32.2. The summed E-state index contributed by atoms with van der Waals surface area (Å²) < 4.78 is 60.6. The van der Waals surface area contributed by atoms with E-state index in [0.717, 1.165) is 6.07 Å². The van der Waals surface area contributed by atoms with Gasteiger partial charge in [-0.25, -0.2) is 8.42 Å². The fourth-order valence-corrected chi connectivity index (χ4v) is 3.43. The second-order valence-electron chi connectivity index (χ2n) is 5.47. The minimum atomic E-state index is -5.39. The first-order valence-electron chi connectivity index (χ1n) is 8.99. The van der Waals surface area contributed by atoms with Gasteiger partial charge in [-0.1, -0.05) is 38.1 Å². The monoisotopic (exact) mass is 451 g/mol. The second-order valence-corrected chi connectivity index (χ2v) is 8.26. The van der Waals surface area contributed by atoms with Crippen LogP contribution in [-0.2, 0) is 9.84 Å². The predicted molar refractivity (Wildman–Crippen MR) is 114 cm³/mol. The van der Waals surface area contributed by atoms with Gasteiger partial charge in [0.1, 0.15) is 0 Å². The van der Waals surface area contributed by atoms with Crippen LogP contribution in [0.25, 0.3) is 0 Å². The number of rotatable bonds is 6. The molecule has 0 unspecified atom stereocenters. The lowest BCUT2D eigenvalue weighted by Crippen LogP contribution is -2.24. The van der Waals surface area contributed by atoms with Gasteiger partial charge in [0.05, 0.1) is 10.6 Å². The van der Waals surface area contributed by atoms with Crippen molar-refractivity contribution in [1.82, 2.24) is 0 Å². The van der Waals surface area contributed by atoms with Gasteiger partial charge in [-0.05, 0) is 49.4 Å². The number of alkyl halides is 3. The van der Waals surface area contributed by atoms with Crippen LogP contribution in [0.15, 0.2) is 58.3 Å². The maximum Gasteiger partial charge on any atom is 0.501 e. The quantitative estimate of drug-likeness (QED) is 0.447. The zero-order valence-electron chi connectivity index (χ0n) is 17.0. The summed E-state index contributed by atoms with van der Waals surface area (Å²) in [4.78, 5) is 0.533. The van der Waals surface area contributed by atoms with Gasteiger partial charge in [0, 0.05) is 18.0 Å². The molecular weight excluding hydrogens is 423 g/mol. The molecule has 0 saturated carbocycles. The minimum Gasteiger partial charge on any atom is -0.396 e. The van der Waals surface area contributed by atoms with Crippen molar-refractivity contribution in [3.63, 3.8) is 0 Å². The Hall–Kier alpha value is -1.71. The Kier molecular flexibility index (Phi) is 12.7. The van der Waals surface area contributed by atoms with Crippen molar-refractivity contribution < 1.29 is 26.7 Å². The molecule has 2 rings (SSSR count). The van der Waals surface area contributed by atoms with E-state index in [9.17, 15) is 21.6 Å². The summed E-state index contributed by atoms with van der Waals surface area (Å²) in [6.07, 6.45) is 2.38. The van der Waals surface area contributed by atoms with Crippen molar-refractivity contribution >= 4 is 27.3 Å². The number of hydrogen-bond donors (Lipinski definition) is 2. The molecule has 0 amide bonds. The lowest BCUT2D eigenvalue weighted by Gasteiger charge is -2.14. The van der Waals surface area contributed by atoms with E-state index in [2.05, 4.69) is 23.7 Å². The minimum absolute atomic E-state index is 0.114. The van der Waals surface area contributed by atoms with Crippen LogP contribution in [0, 0.1) is 6.92 Å². The van der Waals surface area contributed by atoms with Gasteiger partial charge in [-0.2, -0.15) is 13.2 Å². The van der Waals surface area contributed by atoms with Crippen LogP contribution in [-0.4, -0.2) is 38.4 Å². The van der Waals surface area contributed by atoms with Crippen LogP contribution in [0.2, 0.25) is 0 Å². The van der Waals surface area contributed by atoms with Gasteiger partial charge in [0.2, 0.25) is 0 Å². The van der Waals surface area contributed by atoms with E-state index in [1.54, 1.807) is 11.8 Å². The predicted octanol–water partition coefficient (Wildman–Crippen LogP) is 5.52. The molecule has 0 aromatic heterocycles. The standard InChI is InChI=1S/C11H14F3NO3S.C7H8S.C2H6/c1-8-3-4-9(15-5-2-6-16)10(7-8)19(17,18)11(12,13)14;1-8-7-5-3-2-4-6-7;1-2/h3-4,7,15-16H,2,5-6H2,1H3;2-6H,1H3;1-2H3. The first-order chi connectivity index (χ1) is 13.6. The van der Waals surface area contributed by atoms with Gasteiger partial charge in [0.25, 0.3) is 9.84 Å². The average Bonchev–Trinajstić information content (AvgIpc) is 2.71. The highest BCUT2D eigenvalue weighted by molar-refractivity contribution is 7.98. The number of halogens is 3. The van der Waals surface area contributed by atoms with E-state index in [4.69, 9.17) is 5.11 Å². The van der Waals surface area contributed by atoms with Crippen molar-refractivity contribution in [3.8, 4) is 0 Å². The summed E-state index contributed by atoms with van der Waals surface area (Å²) in [7, 11) is -5.39. The number of aryl methyl sites for hydroxylation is 1. The molecule has 2 aromatic carbocycles. The Morgan fingerprint density at radius 1 is 1.07 bits per heavy atom. The van der Waals surface area contributed by atoms with E-state index in [1.807, 2.05) is 32.0 Å². The summed E-state index contributed by atoms with van der Waals surface area (Å²) in [5, 5.41) is 11.2. The van der Waals surface area contributed by atoms with Gasteiger partial charge in [-0.3, -0.25) is 0 Å². The Morgan fingerprint density at radius 2 is 1.66 bits per heavy atom. The van der Waals surface area contributed by atoms with Crippen molar-refractivity contribution in [3.05, 3.63) is 54.1 Å². The number of thioether (sulfide) groups is 1. The third-order valence-corrected chi connectivity index (χ3v) is 5.63. The van der Waals surface area contributed by atoms with Crippen molar-refractivity contribution in [2.75, 3.05) is 24.7 Å². The molecule has 0 saturated heterocycles. The Balaban J connectivity index is 0.000000649. The van der Waals surface area contributed by atoms with E-state index < -0.39 is 20.2 Å². The molecule has 0 fully saturated rings. The molecule has 0 atom stereocenters. The molecule has 0 heterocycles. The number of sulfone groups is 1. The third-order valence-electron chi connectivity index (χ3n) is 3.36.